The highest BCUT2D eigenvalue weighted by Gasteiger charge is 2.29. The third-order valence-electron chi connectivity index (χ3n) is 4.00. The lowest BCUT2D eigenvalue weighted by atomic mass is 10.1. The predicted octanol–water partition coefficient (Wildman–Crippen LogP) is 2.43. The van der Waals surface area contributed by atoms with Gasteiger partial charge < -0.3 is 17.0 Å². The molecule has 0 unspecified atom stereocenters. The first-order valence-corrected chi connectivity index (χ1v) is 9.62. The standard InChI is InChI=1S/C14H32P.BrH/c1-5-9-10-11-12-13-14-15(6-2,7-3)8-4;/h5-14H2,1-4H3;1H/q+1;/p-1. The largest absolute Gasteiger partial charge is 1.00 e. The first kappa shape index (κ1) is 19.3. The van der Waals surface area contributed by atoms with Crippen molar-refractivity contribution in [1.29, 1.82) is 0 Å². The molecular formula is C14H32BrP. The number of hydrogen-bond acceptors (Lipinski definition) is 0. The molecule has 0 aromatic carbocycles. The minimum atomic E-state index is -0.494. The number of halogens is 1. The number of hydrogen-bond donors (Lipinski definition) is 0. The summed E-state index contributed by atoms with van der Waals surface area (Å²) in [6.45, 7) is 9.54. The van der Waals surface area contributed by atoms with Gasteiger partial charge in [-0.1, -0.05) is 32.6 Å². The van der Waals surface area contributed by atoms with Crippen molar-refractivity contribution in [2.45, 2.75) is 66.2 Å². The average Bonchev–Trinajstić information content (AvgIpc) is 2.29. The van der Waals surface area contributed by atoms with Crippen LogP contribution in [-0.2, 0) is 0 Å². The van der Waals surface area contributed by atoms with Gasteiger partial charge in [0.1, 0.15) is 0 Å². The molecule has 0 N–H and O–H groups in total. The van der Waals surface area contributed by atoms with E-state index in [-0.39, 0.29) is 17.0 Å². The van der Waals surface area contributed by atoms with E-state index in [9.17, 15) is 0 Å². The van der Waals surface area contributed by atoms with E-state index in [1.54, 1.807) is 6.16 Å². The van der Waals surface area contributed by atoms with E-state index in [4.69, 9.17) is 0 Å². The van der Waals surface area contributed by atoms with Crippen molar-refractivity contribution in [3.05, 3.63) is 0 Å². The van der Waals surface area contributed by atoms with Gasteiger partial charge >= 0.3 is 0 Å². The highest BCUT2D eigenvalue weighted by molar-refractivity contribution is 7.75. The van der Waals surface area contributed by atoms with Crippen molar-refractivity contribution in [2.24, 2.45) is 0 Å². The maximum Gasteiger partial charge on any atom is 0.0594 e. The lowest BCUT2D eigenvalue weighted by Crippen LogP contribution is -3.00. The van der Waals surface area contributed by atoms with E-state index in [1.165, 1.54) is 57.0 Å². The molecule has 0 aromatic rings. The van der Waals surface area contributed by atoms with Crippen molar-refractivity contribution in [3.63, 3.8) is 0 Å². The van der Waals surface area contributed by atoms with E-state index in [0.717, 1.165) is 0 Å². The van der Waals surface area contributed by atoms with Gasteiger partial charge in [-0.25, -0.2) is 0 Å². The summed E-state index contributed by atoms with van der Waals surface area (Å²) in [5.41, 5.74) is 0. The molecule has 100 valence electrons. The van der Waals surface area contributed by atoms with Gasteiger partial charge in [-0.2, -0.15) is 0 Å². The van der Waals surface area contributed by atoms with Crippen LogP contribution in [0.4, 0.5) is 0 Å². The van der Waals surface area contributed by atoms with Crippen molar-refractivity contribution >= 4 is 7.26 Å². The Morgan fingerprint density at radius 1 is 0.625 bits per heavy atom. The highest BCUT2D eigenvalue weighted by atomic mass is 79.9. The Hall–Kier alpha value is 0.910. The van der Waals surface area contributed by atoms with Gasteiger partial charge in [-0.05, 0) is 33.6 Å². The van der Waals surface area contributed by atoms with Crippen LogP contribution in [0.25, 0.3) is 0 Å². The Bertz CT molecular complexity index is 124. The molecule has 0 amide bonds. The quantitative estimate of drug-likeness (QED) is 0.429. The molecule has 0 saturated carbocycles. The lowest BCUT2D eigenvalue weighted by molar-refractivity contribution is -0.00000355. The van der Waals surface area contributed by atoms with Crippen LogP contribution in [0.2, 0.25) is 0 Å². The molecule has 2 heteroatoms. The van der Waals surface area contributed by atoms with Crippen LogP contribution in [-0.4, -0.2) is 24.6 Å². The maximum absolute atomic E-state index is 2.41. The second-order valence-electron chi connectivity index (χ2n) is 4.78. The van der Waals surface area contributed by atoms with Gasteiger partial charge in [0.25, 0.3) is 0 Å². The third-order valence-corrected chi connectivity index (χ3v) is 9.29. The fourth-order valence-electron chi connectivity index (χ4n) is 2.37. The van der Waals surface area contributed by atoms with E-state index >= 15 is 0 Å². The second-order valence-corrected chi connectivity index (χ2v) is 9.81. The van der Waals surface area contributed by atoms with Crippen molar-refractivity contribution in [2.75, 3.05) is 24.6 Å². The van der Waals surface area contributed by atoms with E-state index in [1.807, 2.05) is 0 Å². The van der Waals surface area contributed by atoms with Gasteiger partial charge in [-0.3, -0.25) is 0 Å². The Morgan fingerprint density at radius 2 is 1.06 bits per heavy atom. The average molecular weight is 311 g/mol. The predicted molar refractivity (Wildman–Crippen MR) is 76.8 cm³/mol. The van der Waals surface area contributed by atoms with E-state index in [2.05, 4.69) is 27.7 Å². The molecule has 0 bridgehead atoms. The second kappa shape index (κ2) is 12.4. The molecule has 0 nitrogen and oxygen atoms in total. The van der Waals surface area contributed by atoms with E-state index in [0.29, 0.717) is 0 Å². The summed E-state index contributed by atoms with van der Waals surface area (Å²) in [4.78, 5) is 0. The molecule has 0 atom stereocenters. The summed E-state index contributed by atoms with van der Waals surface area (Å²) in [5.74, 6) is 0. The monoisotopic (exact) mass is 310 g/mol. The molecule has 0 aliphatic rings. The lowest BCUT2D eigenvalue weighted by Gasteiger charge is -2.23. The molecule has 0 aliphatic carbocycles. The zero-order valence-electron chi connectivity index (χ0n) is 11.9. The SMILES string of the molecule is CCCCCCCC[P+](CC)(CC)CC.[Br-]. The summed E-state index contributed by atoms with van der Waals surface area (Å²) in [6, 6.07) is 0. The summed E-state index contributed by atoms with van der Waals surface area (Å²) in [7, 11) is -0.494. The Morgan fingerprint density at radius 3 is 1.50 bits per heavy atom. The molecule has 0 rings (SSSR count). The molecule has 0 radical (unpaired) electrons. The van der Waals surface area contributed by atoms with Gasteiger partial charge in [0, 0.05) is 7.26 Å². The molecule has 0 fully saturated rings. The zero-order valence-corrected chi connectivity index (χ0v) is 14.4. The van der Waals surface area contributed by atoms with Crippen LogP contribution in [0.1, 0.15) is 66.2 Å². The minimum absolute atomic E-state index is 0. The minimum Gasteiger partial charge on any atom is -1.00 e. The van der Waals surface area contributed by atoms with Gasteiger partial charge in [-0.15, -0.1) is 0 Å². The van der Waals surface area contributed by atoms with Crippen LogP contribution in [0, 0.1) is 0 Å². The van der Waals surface area contributed by atoms with Gasteiger partial charge in [0.15, 0.2) is 0 Å². The van der Waals surface area contributed by atoms with Crippen LogP contribution >= 0.6 is 7.26 Å². The Balaban J connectivity index is 0. The molecule has 0 aliphatic heterocycles. The summed E-state index contributed by atoms with van der Waals surface area (Å²) in [6.07, 6.45) is 14.8. The third kappa shape index (κ3) is 8.07. The smallest absolute Gasteiger partial charge is 0.0594 e. The molecule has 16 heavy (non-hydrogen) atoms. The van der Waals surface area contributed by atoms with Crippen LogP contribution in [0.5, 0.6) is 0 Å². The summed E-state index contributed by atoms with van der Waals surface area (Å²) < 4.78 is 0. The van der Waals surface area contributed by atoms with Crippen LogP contribution in [0.3, 0.4) is 0 Å². The molecule has 0 spiro atoms. The summed E-state index contributed by atoms with van der Waals surface area (Å²) in [5, 5.41) is 0. The molecule has 0 saturated heterocycles. The van der Waals surface area contributed by atoms with Crippen molar-refractivity contribution in [3.8, 4) is 0 Å². The van der Waals surface area contributed by atoms with Crippen molar-refractivity contribution in [1.82, 2.24) is 0 Å². The first-order valence-electron chi connectivity index (χ1n) is 7.09. The Kier molecular flexibility index (Phi) is 14.9. The molecule has 0 heterocycles. The number of unbranched alkanes of at least 4 members (excludes halogenated alkanes) is 5. The van der Waals surface area contributed by atoms with Crippen LogP contribution < -0.4 is 17.0 Å². The highest BCUT2D eigenvalue weighted by Crippen LogP contribution is 2.58. The van der Waals surface area contributed by atoms with Crippen LogP contribution in [0.15, 0.2) is 0 Å². The van der Waals surface area contributed by atoms with E-state index < -0.39 is 7.26 Å². The molecular weight excluding hydrogens is 279 g/mol. The first-order chi connectivity index (χ1) is 7.24. The van der Waals surface area contributed by atoms with Gasteiger partial charge in [0.05, 0.1) is 24.6 Å². The zero-order chi connectivity index (χ0) is 11.6. The normalized spacial score (nSPS) is 11.2. The molecule has 0 aromatic heterocycles. The maximum atomic E-state index is 2.41. The number of rotatable bonds is 10. The Labute approximate surface area is 115 Å². The summed E-state index contributed by atoms with van der Waals surface area (Å²) >= 11 is 0. The topological polar surface area (TPSA) is 0 Å². The fraction of sp³-hybridized carbons (Fsp3) is 1.00. The van der Waals surface area contributed by atoms with Gasteiger partial charge in [0.2, 0.25) is 0 Å². The van der Waals surface area contributed by atoms with Crippen molar-refractivity contribution < 1.29 is 17.0 Å². The fourth-order valence-corrected chi connectivity index (χ4v) is 5.56.